The van der Waals surface area contributed by atoms with Crippen molar-refractivity contribution in [2.75, 3.05) is 30.4 Å². The van der Waals surface area contributed by atoms with E-state index in [9.17, 15) is 0 Å². The summed E-state index contributed by atoms with van der Waals surface area (Å²) >= 11 is 6.16. The summed E-state index contributed by atoms with van der Waals surface area (Å²) in [7, 11) is 1.82. The SMILES string of the molecule is CCC1CCN(c2nc(NC)ncc2Cl)CC1. The van der Waals surface area contributed by atoms with E-state index < -0.39 is 0 Å². The molecule has 4 nitrogen and oxygen atoms in total. The van der Waals surface area contributed by atoms with E-state index in [2.05, 4.69) is 27.1 Å². The van der Waals surface area contributed by atoms with Gasteiger partial charge in [-0.3, -0.25) is 0 Å². The summed E-state index contributed by atoms with van der Waals surface area (Å²) in [6, 6.07) is 0. The molecule has 0 aromatic carbocycles. The van der Waals surface area contributed by atoms with Crippen molar-refractivity contribution in [3.8, 4) is 0 Å². The molecule has 17 heavy (non-hydrogen) atoms. The maximum Gasteiger partial charge on any atom is 0.224 e. The van der Waals surface area contributed by atoms with Gasteiger partial charge in [-0.15, -0.1) is 0 Å². The van der Waals surface area contributed by atoms with Crippen LogP contribution in [0.5, 0.6) is 0 Å². The normalized spacial score (nSPS) is 17.2. The van der Waals surface area contributed by atoms with Gasteiger partial charge in [0.15, 0.2) is 5.82 Å². The summed E-state index contributed by atoms with van der Waals surface area (Å²) < 4.78 is 0. The highest BCUT2D eigenvalue weighted by molar-refractivity contribution is 6.32. The quantitative estimate of drug-likeness (QED) is 0.901. The molecule has 1 N–H and O–H groups in total. The van der Waals surface area contributed by atoms with Gasteiger partial charge in [-0.2, -0.15) is 4.98 Å². The molecule has 0 amide bonds. The standard InChI is InChI=1S/C12H19ClN4/c1-3-9-4-6-17(7-5-9)11-10(13)8-15-12(14-2)16-11/h8-9H,3-7H2,1-2H3,(H,14,15,16). The number of hydrogen-bond donors (Lipinski definition) is 1. The van der Waals surface area contributed by atoms with E-state index in [0.717, 1.165) is 24.8 Å². The van der Waals surface area contributed by atoms with Crippen LogP contribution in [0.15, 0.2) is 6.20 Å². The molecule has 0 radical (unpaired) electrons. The zero-order chi connectivity index (χ0) is 12.3. The second-order valence-electron chi connectivity index (χ2n) is 4.45. The summed E-state index contributed by atoms with van der Waals surface area (Å²) in [6.07, 6.45) is 5.40. The lowest BCUT2D eigenvalue weighted by atomic mass is 9.94. The molecule has 1 aliphatic heterocycles. The monoisotopic (exact) mass is 254 g/mol. The predicted molar refractivity (Wildman–Crippen MR) is 71.8 cm³/mol. The number of piperidine rings is 1. The van der Waals surface area contributed by atoms with Crippen LogP contribution < -0.4 is 10.2 Å². The van der Waals surface area contributed by atoms with Gasteiger partial charge in [-0.25, -0.2) is 4.98 Å². The third kappa shape index (κ3) is 2.80. The lowest BCUT2D eigenvalue weighted by Crippen LogP contribution is -2.34. The van der Waals surface area contributed by atoms with Gasteiger partial charge in [0.1, 0.15) is 5.02 Å². The van der Waals surface area contributed by atoms with E-state index >= 15 is 0 Å². The van der Waals surface area contributed by atoms with Crippen molar-refractivity contribution in [2.24, 2.45) is 5.92 Å². The molecule has 1 aromatic rings. The highest BCUT2D eigenvalue weighted by Crippen LogP contribution is 2.28. The Balaban J connectivity index is 2.12. The van der Waals surface area contributed by atoms with Gasteiger partial charge in [-0.05, 0) is 18.8 Å². The van der Waals surface area contributed by atoms with Crippen LogP contribution in [0.2, 0.25) is 5.02 Å². The van der Waals surface area contributed by atoms with E-state index in [1.54, 1.807) is 6.20 Å². The van der Waals surface area contributed by atoms with E-state index in [4.69, 9.17) is 11.6 Å². The van der Waals surface area contributed by atoms with Crippen LogP contribution in [0.3, 0.4) is 0 Å². The molecular weight excluding hydrogens is 236 g/mol. The Morgan fingerprint density at radius 3 is 2.76 bits per heavy atom. The second-order valence-corrected chi connectivity index (χ2v) is 4.86. The number of rotatable bonds is 3. The Kier molecular flexibility index (Phi) is 4.05. The van der Waals surface area contributed by atoms with Crippen molar-refractivity contribution < 1.29 is 0 Å². The first kappa shape index (κ1) is 12.4. The van der Waals surface area contributed by atoms with E-state index in [0.29, 0.717) is 11.0 Å². The number of hydrogen-bond acceptors (Lipinski definition) is 4. The van der Waals surface area contributed by atoms with Gasteiger partial charge < -0.3 is 10.2 Å². The van der Waals surface area contributed by atoms with Gasteiger partial charge in [0.25, 0.3) is 0 Å². The Morgan fingerprint density at radius 1 is 1.47 bits per heavy atom. The number of anilines is 2. The molecule has 1 aromatic heterocycles. The minimum absolute atomic E-state index is 0.627. The van der Waals surface area contributed by atoms with Gasteiger partial charge in [0.05, 0.1) is 6.20 Å². The molecule has 0 unspecified atom stereocenters. The van der Waals surface area contributed by atoms with Crippen molar-refractivity contribution in [2.45, 2.75) is 26.2 Å². The summed E-state index contributed by atoms with van der Waals surface area (Å²) in [5, 5.41) is 3.58. The molecule has 2 heterocycles. The molecule has 2 rings (SSSR count). The third-order valence-corrected chi connectivity index (χ3v) is 3.71. The van der Waals surface area contributed by atoms with Gasteiger partial charge >= 0.3 is 0 Å². The Labute approximate surface area is 107 Å². The van der Waals surface area contributed by atoms with Crippen LogP contribution in [0, 0.1) is 5.92 Å². The van der Waals surface area contributed by atoms with Gasteiger partial charge in [-0.1, -0.05) is 24.9 Å². The summed E-state index contributed by atoms with van der Waals surface area (Å²) in [4.78, 5) is 10.8. The van der Waals surface area contributed by atoms with Crippen LogP contribution in [-0.2, 0) is 0 Å². The minimum Gasteiger partial charge on any atom is -0.357 e. The summed E-state index contributed by atoms with van der Waals surface area (Å²) in [5.41, 5.74) is 0. The van der Waals surface area contributed by atoms with Crippen LogP contribution in [-0.4, -0.2) is 30.1 Å². The van der Waals surface area contributed by atoms with Crippen molar-refractivity contribution >= 4 is 23.4 Å². The van der Waals surface area contributed by atoms with Crippen LogP contribution in [0.1, 0.15) is 26.2 Å². The highest BCUT2D eigenvalue weighted by Gasteiger charge is 2.21. The fraction of sp³-hybridized carbons (Fsp3) is 0.667. The zero-order valence-electron chi connectivity index (χ0n) is 10.4. The van der Waals surface area contributed by atoms with Crippen LogP contribution in [0.25, 0.3) is 0 Å². The number of halogens is 1. The number of nitrogens with one attached hydrogen (secondary N) is 1. The molecule has 0 saturated carbocycles. The van der Waals surface area contributed by atoms with Gasteiger partial charge in [0, 0.05) is 20.1 Å². The highest BCUT2D eigenvalue weighted by atomic mass is 35.5. The van der Waals surface area contributed by atoms with Gasteiger partial charge in [0.2, 0.25) is 5.95 Å². The lowest BCUT2D eigenvalue weighted by molar-refractivity contribution is 0.394. The molecule has 0 bridgehead atoms. The number of nitrogens with zero attached hydrogens (tertiary/aromatic N) is 3. The molecule has 1 fully saturated rings. The van der Waals surface area contributed by atoms with Crippen molar-refractivity contribution in [3.05, 3.63) is 11.2 Å². The smallest absolute Gasteiger partial charge is 0.224 e. The average Bonchev–Trinajstić information content (AvgIpc) is 2.39. The topological polar surface area (TPSA) is 41.1 Å². The molecule has 5 heteroatoms. The van der Waals surface area contributed by atoms with Crippen molar-refractivity contribution in [1.82, 2.24) is 9.97 Å². The largest absolute Gasteiger partial charge is 0.357 e. The Morgan fingerprint density at radius 2 is 2.18 bits per heavy atom. The lowest BCUT2D eigenvalue weighted by Gasteiger charge is -2.32. The second kappa shape index (κ2) is 5.54. The fourth-order valence-electron chi connectivity index (χ4n) is 2.25. The predicted octanol–water partition coefficient (Wildman–Crippen LogP) is 2.80. The first-order chi connectivity index (χ1) is 8.24. The maximum atomic E-state index is 6.16. The molecule has 1 aliphatic rings. The fourth-order valence-corrected chi connectivity index (χ4v) is 2.46. The van der Waals surface area contributed by atoms with E-state index in [1.165, 1.54) is 19.3 Å². The van der Waals surface area contributed by atoms with E-state index in [1.807, 2.05) is 7.05 Å². The molecule has 1 saturated heterocycles. The van der Waals surface area contributed by atoms with Crippen molar-refractivity contribution in [3.63, 3.8) is 0 Å². The molecule has 0 spiro atoms. The van der Waals surface area contributed by atoms with Crippen molar-refractivity contribution in [1.29, 1.82) is 0 Å². The van der Waals surface area contributed by atoms with Crippen LogP contribution in [0.4, 0.5) is 11.8 Å². The summed E-state index contributed by atoms with van der Waals surface area (Å²) in [6.45, 7) is 4.34. The third-order valence-electron chi connectivity index (χ3n) is 3.44. The minimum atomic E-state index is 0.627. The molecule has 94 valence electrons. The summed E-state index contributed by atoms with van der Waals surface area (Å²) in [5.74, 6) is 2.35. The molecule has 0 aliphatic carbocycles. The van der Waals surface area contributed by atoms with E-state index in [-0.39, 0.29) is 0 Å². The molecule has 0 atom stereocenters. The maximum absolute atomic E-state index is 6.16. The Bertz CT molecular complexity index is 375. The first-order valence-electron chi connectivity index (χ1n) is 6.19. The zero-order valence-corrected chi connectivity index (χ0v) is 11.2. The van der Waals surface area contributed by atoms with Crippen LogP contribution >= 0.6 is 11.6 Å². The average molecular weight is 255 g/mol. The first-order valence-corrected chi connectivity index (χ1v) is 6.57. The molecular formula is C12H19ClN4. The number of aromatic nitrogens is 2. The Hall–Kier alpha value is -1.03.